The Kier molecular flexibility index (Phi) is 9.49. The molecule has 0 heterocycles. The first-order valence-electron chi connectivity index (χ1n) is 5.24. The van der Waals surface area contributed by atoms with Crippen LogP contribution in [0.4, 0.5) is 0 Å². The highest BCUT2D eigenvalue weighted by Crippen LogP contribution is 1.94. The summed E-state index contributed by atoms with van der Waals surface area (Å²) >= 11 is 0. The molecule has 1 N–H and O–H groups in total. The van der Waals surface area contributed by atoms with Gasteiger partial charge >= 0.3 is 0 Å². The molecule has 0 saturated carbocycles. The summed E-state index contributed by atoms with van der Waals surface area (Å²) in [5.41, 5.74) is 0. The molecule has 1 unspecified atom stereocenters. The number of rotatable bonds is 9. The molecule has 0 aliphatic carbocycles. The first-order valence-corrected chi connectivity index (χ1v) is 5.24. The zero-order valence-corrected chi connectivity index (χ0v) is 9.01. The zero-order chi connectivity index (χ0) is 9.94. The van der Waals surface area contributed by atoms with Gasteiger partial charge in [-0.15, -0.1) is 6.58 Å². The minimum absolute atomic E-state index is 0.330. The van der Waals surface area contributed by atoms with E-state index in [1.165, 1.54) is 6.42 Å². The van der Waals surface area contributed by atoms with Crippen molar-refractivity contribution in [3.05, 3.63) is 12.7 Å². The van der Waals surface area contributed by atoms with Crippen molar-refractivity contribution in [1.82, 2.24) is 5.32 Å². The fraction of sp³-hybridized carbons (Fsp3) is 0.818. The van der Waals surface area contributed by atoms with Crippen molar-refractivity contribution in [3.8, 4) is 0 Å². The molecule has 0 bridgehead atoms. The second-order valence-corrected chi connectivity index (χ2v) is 3.32. The molecule has 0 amide bonds. The third kappa shape index (κ3) is 9.57. The van der Waals surface area contributed by atoms with Crippen LogP contribution < -0.4 is 5.32 Å². The summed E-state index contributed by atoms with van der Waals surface area (Å²) in [6.45, 7) is 10.8. The van der Waals surface area contributed by atoms with Crippen molar-refractivity contribution in [2.75, 3.05) is 19.7 Å². The molecule has 0 fully saturated rings. The summed E-state index contributed by atoms with van der Waals surface area (Å²) in [6.07, 6.45) is 5.58. The highest BCUT2D eigenvalue weighted by Gasteiger charge is 1.99. The van der Waals surface area contributed by atoms with Gasteiger partial charge in [-0.3, -0.25) is 0 Å². The Morgan fingerprint density at radius 2 is 2.31 bits per heavy atom. The van der Waals surface area contributed by atoms with Crippen LogP contribution in [0.1, 0.15) is 33.1 Å². The van der Waals surface area contributed by atoms with Crippen LogP contribution in [-0.4, -0.2) is 25.8 Å². The maximum Gasteiger partial charge on any atom is 0.0671 e. The summed E-state index contributed by atoms with van der Waals surface area (Å²) in [4.78, 5) is 0. The minimum atomic E-state index is 0.330. The second kappa shape index (κ2) is 9.75. The molecule has 13 heavy (non-hydrogen) atoms. The predicted molar refractivity (Wildman–Crippen MR) is 58.0 cm³/mol. The van der Waals surface area contributed by atoms with E-state index in [1.54, 1.807) is 0 Å². The van der Waals surface area contributed by atoms with E-state index < -0.39 is 0 Å². The summed E-state index contributed by atoms with van der Waals surface area (Å²) in [5.74, 6) is 0. The minimum Gasteiger partial charge on any atom is -0.377 e. The second-order valence-electron chi connectivity index (χ2n) is 3.32. The first kappa shape index (κ1) is 12.7. The third-order valence-corrected chi connectivity index (χ3v) is 1.81. The monoisotopic (exact) mass is 185 g/mol. The Bertz CT molecular complexity index is 115. The molecule has 0 aromatic carbocycles. The zero-order valence-electron chi connectivity index (χ0n) is 9.01. The van der Waals surface area contributed by atoms with E-state index in [-0.39, 0.29) is 0 Å². The van der Waals surface area contributed by atoms with Crippen molar-refractivity contribution < 1.29 is 4.74 Å². The maximum absolute atomic E-state index is 5.58. The molecule has 2 heteroatoms. The van der Waals surface area contributed by atoms with Gasteiger partial charge in [0.25, 0.3) is 0 Å². The van der Waals surface area contributed by atoms with Gasteiger partial charge in [-0.2, -0.15) is 0 Å². The van der Waals surface area contributed by atoms with Gasteiger partial charge in [0, 0.05) is 13.2 Å². The van der Waals surface area contributed by atoms with Crippen LogP contribution in [0.15, 0.2) is 12.7 Å². The van der Waals surface area contributed by atoms with E-state index in [9.17, 15) is 0 Å². The Balaban J connectivity index is 3.09. The smallest absolute Gasteiger partial charge is 0.0671 e. The molecule has 2 nitrogen and oxygen atoms in total. The topological polar surface area (TPSA) is 21.3 Å². The van der Waals surface area contributed by atoms with Crippen LogP contribution in [0, 0.1) is 0 Å². The molecule has 0 rings (SSSR count). The molecule has 0 aliphatic heterocycles. The van der Waals surface area contributed by atoms with Gasteiger partial charge in [-0.25, -0.2) is 0 Å². The van der Waals surface area contributed by atoms with Gasteiger partial charge in [0.05, 0.1) is 6.10 Å². The Hall–Kier alpha value is -0.340. The number of nitrogens with one attached hydrogen (secondary N) is 1. The Labute approximate surface area is 82.4 Å². The van der Waals surface area contributed by atoms with E-state index in [0.717, 1.165) is 32.5 Å². The molecule has 0 saturated heterocycles. The largest absolute Gasteiger partial charge is 0.377 e. The van der Waals surface area contributed by atoms with E-state index >= 15 is 0 Å². The standard InChI is InChI=1S/C11H23NO/c1-4-6-7-9-13-11(3)10-12-8-5-2/h4,11-12H,1,5-10H2,2-3H3. The third-order valence-electron chi connectivity index (χ3n) is 1.81. The van der Waals surface area contributed by atoms with Crippen molar-refractivity contribution in [2.24, 2.45) is 0 Å². The Morgan fingerprint density at radius 3 is 2.92 bits per heavy atom. The number of ether oxygens (including phenoxy) is 1. The van der Waals surface area contributed by atoms with Crippen molar-refractivity contribution >= 4 is 0 Å². The van der Waals surface area contributed by atoms with Gasteiger partial charge < -0.3 is 10.1 Å². The van der Waals surface area contributed by atoms with Crippen LogP contribution in [0.5, 0.6) is 0 Å². The van der Waals surface area contributed by atoms with Crippen molar-refractivity contribution in [1.29, 1.82) is 0 Å². The predicted octanol–water partition coefficient (Wildman–Crippen LogP) is 2.36. The fourth-order valence-electron chi connectivity index (χ4n) is 1.05. The average Bonchev–Trinajstić information content (AvgIpc) is 2.13. The molecule has 0 aromatic heterocycles. The quantitative estimate of drug-likeness (QED) is 0.440. The van der Waals surface area contributed by atoms with Crippen LogP contribution in [0.3, 0.4) is 0 Å². The van der Waals surface area contributed by atoms with Crippen LogP contribution in [0.2, 0.25) is 0 Å². The van der Waals surface area contributed by atoms with E-state index in [1.807, 2.05) is 6.08 Å². The molecule has 0 aromatic rings. The average molecular weight is 185 g/mol. The van der Waals surface area contributed by atoms with E-state index in [4.69, 9.17) is 4.74 Å². The van der Waals surface area contributed by atoms with Gasteiger partial charge in [-0.1, -0.05) is 13.0 Å². The molecule has 78 valence electrons. The lowest BCUT2D eigenvalue weighted by Crippen LogP contribution is -2.27. The highest BCUT2D eigenvalue weighted by atomic mass is 16.5. The lowest BCUT2D eigenvalue weighted by Gasteiger charge is -2.13. The fourth-order valence-corrected chi connectivity index (χ4v) is 1.05. The lowest BCUT2D eigenvalue weighted by atomic mass is 10.3. The van der Waals surface area contributed by atoms with Crippen molar-refractivity contribution in [3.63, 3.8) is 0 Å². The highest BCUT2D eigenvalue weighted by molar-refractivity contribution is 4.65. The molecule has 0 aliphatic rings. The lowest BCUT2D eigenvalue weighted by molar-refractivity contribution is 0.0648. The maximum atomic E-state index is 5.58. The molecular weight excluding hydrogens is 162 g/mol. The molecule has 1 atom stereocenters. The van der Waals surface area contributed by atoms with Crippen LogP contribution in [-0.2, 0) is 4.74 Å². The number of unbranched alkanes of at least 4 members (excludes halogenated alkanes) is 1. The van der Waals surface area contributed by atoms with Gasteiger partial charge in [-0.05, 0) is 32.7 Å². The molecule has 0 radical (unpaired) electrons. The SMILES string of the molecule is C=CCCCOC(C)CNCCC. The van der Waals surface area contributed by atoms with E-state index in [0.29, 0.717) is 6.10 Å². The van der Waals surface area contributed by atoms with Crippen LogP contribution >= 0.6 is 0 Å². The van der Waals surface area contributed by atoms with E-state index in [2.05, 4.69) is 25.7 Å². The molecular formula is C11H23NO. The summed E-state index contributed by atoms with van der Waals surface area (Å²) in [7, 11) is 0. The molecule has 0 spiro atoms. The Morgan fingerprint density at radius 1 is 1.54 bits per heavy atom. The summed E-state index contributed by atoms with van der Waals surface area (Å²) < 4.78 is 5.58. The summed E-state index contributed by atoms with van der Waals surface area (Å²) in [5, 5.41) is 3.33. The van der Waals surface area contributed by atoms with Crippen molar-refractivity contribution in [2.45, 2.75) is 39.2 Å². The number of hydrogen-bond donors (Lipinski definition) is 1. The number of allylic oxidation sites excluding steroid dienone is 1. The summed E-state index contributed by atoms with van der Waals surface area (Å²) in [6, 6.07) is 0. The first-order chi connectivity index (χ1) is 6.31. The van der Waals surface area contributed by atoms with Gasteiger partial charge in [0.1, 0.15) is 0 Å². The van der Waals surface area contributed by atoms with Gasteiger partial charge in [0.15, 0.2) is 0 Å². The van der Waals surface area contributed by atoms with Crippen LogP contribution in [0.25, 0.3) is 0 Å². The normalized spacial score (nSPS) is 12.8. The van der Waals surface area contributed by atoms with Gasteiger partial charge in [0.2, 0.25) is 0 Å². The number of hydrogen-bond acceptors (Lipinski definition) is 2.